The number of nitrogens with two attached hydrogens (primary N) is 1. The fourth-order valence-corrected chi connectivity index (χ4v) is 1.67. The van der Waals surface area contributed by atoms with Crippen LogP contribution in [0.2, 0.25) is 0 Å². The van der Waals surface area contributed by atoms with E-state index < -0.39 is 11.7 Å². The van der Waals surface area contributed by atoms with Crippen molar-refractivity contribution in [2.24, 2.45) is 0 Å². The van der Waals surface area contributed by atoms with Gasteiger partial charge in [-0.2, -0.15) is 0 Å². The van der Waals surface area contributed by atoms with E-state index in [9.17, 15) is 9.90 Å². The first-order chi connectivity index (χ1) is 9.74. The van der Waals surface area contributed by atoms with E-state index in [1.54, 1.807) is 20.8 Å². The summed E-state index contributed by atoms with van der Waals surface area (Å²) in [5.74, 6) is 0.351. The molecule has 0 aliphatic carbocycles. The van der Waals surface area contributed by atoms with Crippen molar-refractivity contribution in [2.45, 2.75) is 26.4 Å². The normalized spacial score (nSPS) is 11.2. The molecule has 0 bridgehead atoms. The smallest absolute Gasteiger partial charge is 0.412 e. The van der Waals surface area contributed by atoms with Crippen LogP contribution in [0.1, 0.15) is 20.8 Å². The van der Waals surface area contributed by atoms with Crippen LogP contribution in [0, 0.1) is 0 Å². The van der Waals surface area contributed by atoms with E-state index in [2.05, 4.69) is 10.3 Å². The molecule has 21 heavy (non-hydrogen) atoms. The van der Waals surface area contributed by atoms with Gasteiger partial charge in [0.15, 0.2) is 5.76 Å². The number of anilines is 2. The Balaban J connectivity index is 2.30. The molecule has 7 heteroatoms. The van der Waals surface area contributed by atoms with Gasteiger partial charge in [-0.05, 0) is 39.0 Å². The average molecular weight is 291 g/mol. The maximum Gasteiger partial charge on any atom is 0.412 e. The van der Waals surface area contributed by atoms with Crippen LogP contribution in [-0.4, -0.2) is 21.8 Å². The number of hydrogen-bond acceptors (Lipinski definition) is 6. The summed E-state index contributed by atoms with van der Waals surface area (Å²) in [5, 5.41) is 12.2. The van der Waals surface area contributed by atoms with Gasteiger partial charge in [0, 0.05) is 5.56 Å². The number of oxazole rings is 1. The van der Waals surface area contributed by atoms with Gasteiger partial charge in [-0.15, -0.1) is 0 Å². The average Bonchev–Trinajstić information content (AvgIpc) is 2.75. The highest BCUT2D eigenvalue weighted by Crippen LogP contribution is 2.32. The zero-order valence-corrected chi connectivity index (χ0v) is 12.0. The number of benzene rings is 1. The van der Waals surface area contributed by atoms with E-state index in [4.69, 9.17) is 14.9 Å². The molecule has 0 radical (unpaired) electrons. The molecule has 0 saturated heterocycles. The molecule has 0 unspecified atom stereocenters. The molecular formula is C14H17N3O4. The number of amides is 1. The Hall–Kier alpha value is -2.70. The number of phenolic OH excluding ortho intramolecular Hbond substituents is 1. The maximum absolute atomic E-state index is 11.8. The second-order valence-corrected chi connectivity index (χ2v) is 5.42. The van der Waals surface area contributed by atoms with Gasteiger partial charge in [0.1, 0.15) is 11.4 Å². The highest BCUT2D eigenvalue weighted by atomic mass is 16.6. The lowest BCUT2D eigenvalue weighted by atomic mass is 10.1. The highest BCUT2D eigenvalue weighted by molar-refractivity contribution is 5.91. The first-order valence-corrected chi connectivity index (χ1v) is 6.29. The van der Waals surface area contributed by atoms with Gasteiger partial charge < -0.3 is 20.0 Å². The Bertz CT molecular complexity index is 658. The number of phenols is 1. The second-order valence-electron chi connectivity index (χ2n) is 5.42. The third-order valence-electron chi connectivity index (χ3n) is 2.43. The van der Waals surface area contributed by atoms with Crippen molar-refractivity contribution < 1.29 is 19.1 Å². The van der Waals surface area contributed by atoms with Crippen LogP contribution in [0.3, 0.4) is 0 Å². The van der Waals surface area contributed by atoms with Gasteiger partial charge in [0.25, 0.3) is 6.01 Å². The molecule has 2 rings (SSSR count). The van der Waals surface area contributed by atoms with E-state index in [0.717, 1.165) is 0 Å². The van der Waals surface area contributed by atoms with Gasteiger partial charge in [0.2, 0.25) is 0 Å². The number of hydrogen-bond donors (Lipinski definition) is 3. The lowest BCUT2D eigenvalue weighted by molar-refractivity contribution is 0.0636. The molecule has 0 aliphatic rings. The predicted molar refractivity (Wildman–Crippen MR) is 77.9 cm³/mol. The molecule has 0 saturated carbocycles. The molecule has 0 atom stereocenters. The van der Waals surface area contributed by atoms with Crippen LogP contribution in [0.15, 0.2) is 28.8 Å². The summed E-state index contributed by atoms with van der Waals surface area (Å²) >= 11 is 0. The summed E-state index contributed by atoms with van der Waals surface area (Å²) in [6.45, 7) is 5.30. The Morgan fingerprint density at radius 2 is 2.14 bits per heavy atom. The van der Waals surface area contributed by atoms with Crippen LogP contribution >= 0.6 is 0 Å². The van der Waals surface area contributed by atoms with Gasteiger partial charge >= 0.3 is 6.09 Å². The molecule has 0 fully saturated rings. The summed E-state index contributed by atoms with van der Waals surface area (Å²) in [6.07, 6.45) is 0.798. The molecule has 2 aromatic rings. The van der Waals surface area contributed by atoms with E-state index in [1.165, 1.54) is 24.4 Å². The van der Waals surface area contributed by atoms with E-state index in [1.807, 2.05) is 0 Å². The largest absolute Gasteiger partial charge is 0.508 e. The Morgan fingerprint density at radius 1 is 1.43 bits per heavy atom. The predicted octanol–water partition coefficient (Wildman–Crippen LogP) is 2.98. The fourth-order valence-electron chi connectivity index (χ4n) is 1.67. The number of nitrogens with one attached hydrogen (secondary N) is 1. The van der Waals surface area contributed by atoms with Crippen LogP contribution in [0.4, 0.5) is 16.5 Å². The standard InChI is InChI=1S/C14H17N3O4/c1-14(2,3)21-13(19)17-10-5-4-8(18)6-9(10)11-7-16-12(15)20-11/h4-7,18H,1-3H3,(H2,15,16)(H,17,19). The number of aromatic hydroxyl groups is 1. The monoisotopic (exact) mass is 291 g/mol. The Labute approximate surface area is 121 Å². The molecule has 7 nitrogen and oxygen atoms in total. The number of ether oxygens (including phenoxy) is 1. The van der Waals surface area contributed by atoms with Crippen molar-refractivity contribution in [3.8, 4) is 17.1 Å². The number of rotatable bonds is 2. The van der Waals surface area contributed by atoms with Crippen molar-refractivity contribution in [1.29, 1.82) is 0 Å². The van der Waals surface area contributed by atoms with Gasteiger partial charge in [-0.1, -0.05) is 0 Å². The summed E-state index contributed by atoms with van der Waals surface area (Å²) in [5.41, 5.74) is 5.69. The lowest BCUT2D eigenvalue weighted by Gasteiger charge is -2.20. The van der Waals surface area contributed by atoms with E-state index in [-0.39, 0.29) is 11.8 Å². The molecule has 1 amide bonds. The minimum atomic E-state index is -0.613. The SMILES string of the molecule is CC(C)(C)OC(=O)Nc1ccc(O)cc1-c1cnc(N)o1. The van der Waals surface area contributed by atoms with Crippen LogP contribution in [-0.2, 0) is 4.74 Å². The summed E-state index contributed by atoms with van der Waals surface area (Å²) in [7, 11) is 0. The highest BCUT2D eigenvalue weighted by Gasteiger charge is 2.18. The summed E-state index contributed by atoms with van der Waals surface area (Å²) in [6, 6.07) is 4.41. The maximum atomic E-state index is 11.8. The zero-order chi connectivity index (χ0) is 15.6. The van der Waals surface area contributed by atoms with Gasteiger partial charge in [-0.3, -0.25) is 5.32 Å². The molecule has 1 aromatic carbocycles. The number of aromatic nitrogens is 1. The number of nitrogen functional groups attached to an aromatic ring is 1. The van der Waals surface area contributed by atoms with Crippen molar-refractivity contribution in [2.75, 3.05) is 11.1 Å². The molecule has 112 valence electrons. The summed E-state index contributed by atoms with van der Waals surface area (Å²) < 4.78 is 10.4. The van der Waals surface area contributed by atoms with Crippen LogP contribution in [0.5, 0.6) is 5.75 Å². The third-order valence-corrected chi connectivity index (χ3v) is 2.43. The molecule has 1 heterocycles. The van der Waals surface area contributed by atoms with E-state index in [0.29, 0.717) is 17.0 Å². The third kappa shape index (κ3) is 3.88. The zero-order valence-electron chi connectivity index (χ0n) is 12.0. The van der Waals surface area contributed by atoms with Crippen molar-refractivity contribution in [3.05, 3.63) is 24.4 Å². The Morgan fingerprint density at radius 3 is 2.71 bits per heavy atom. The minimum Gasteiger partial charge on any atom is -0.508 e. The van der Waals surface area contributed by atoms with Gasteiger partial charge in [-0.25, -0.2) is 9.78 Å². The van der Waals surface area contributed by atoms with Crippen molar-refractivity contribution >= 4 is 17.8 Å². The molecule has 0 aliphatic heterocycles. The number of carbonyl (C=O) groups is 1. The number of carbonyl (C=O) groups excluding carboxylic acids is 1. The molecule has 4 N–H and O–H groups in total. The van der Waals surface area contributed by atoms with Crippen LogP contribution < -0.4 is 11.1 Å². The second kappa shape index (κ2) is 5.35. The van der Waals surface area contributed by atoms with Crippen molar-refractivity contribution in [1.82, 2.24) is 4.98 Å². The lowest BCUT2D eigenvalue weighted by Crippen LogP contribution is -2.27. The Kier molecular flexibility index (Phi) is 3.75. The van der Waals surface area contributed by atoms with Crippen LogP contribution in [0.25, 0.3) is 11.3 Å². The first kappa shape index (κ1) is 14.7. The summed E-state index contributed by atoms with van der Waals surface area (Å²) in [4.78, 5) is 15.6. The molecular weight excluding hydrogens is 274 g/mol. The van der Waals surface area contributed by atoms with E-state index >= 15 is 0 Å². The quantitative estimate of drug-likeness (QED) is 0.733. The topological polar surface area (TPSA) is 111 Å². The molecule has 1 aromatic heterocycles. The number of nitrogens with zero attached hydrogens (tertiary/aromatic N) is 1. The fraction of sp³-hybridized carbons (Fsp3) is 0.286. The minimum absolute atomic E-state index is 0.00318. The van der Waals surface area contributed by atoms with Crippen molar-refractivity contribution in [3.63, 3.8) is 0 Å². The van der Waals surface area contributed by atoms with Gasteiger partial charge in [0.05, 0.1) is 11.9 Å². The first-order valence-electron chi connectivity index (χ1n) is 6.29. The molecule has 0 spiro atoms.